The molecule has 0 aromatic carbocycles. The second kappa shape index (κ2) is 4.69. The first kappa shape index (κ1) is 13.0. The number of carboxylic acids is 1. The van der Waals surface area contributed by atoms with Crippen LogP contribution in [0.4, 0.5) is 5.69 Å². The van der Waals surface area contributed by atoms with Crippen molar-refractivity contribution in [1.82, 2.24) is 15.2 Å². The summed E-state index contributed by atoms with van der Waals surface area (Å²) in [5, 5.41) is 14.0. The number of hydrogen-bond acceptors (Lipinski definition) is 5. The molecule has 0 radical (unpaired) electrons. The summed E-state index contributed by atoms with van der Waals surface area (Å²) >= 11 is 0. The van der Waals surface area contributed by atoms with Crippen molar-refractivity contribution in [3.05, 3.63) is 35.8 Å². The molecule has 0 aliphatic heterocycles. The van der Waals surface area contributed by atoms with Gasteiger partial charge in [0.05, 0.1) is 11.9 Å². The van der Waals surface area contributed by atoms with Crippen molar-refractivity contribution in [2.75, 3.05) is 4.72 Å². The van der Waals surface area contributed by atoms with Crippen LogP contribution in [0.1, 0.15) is 16.1 Å². The number of carboxylic acid groups (broad SMARTS) is 1. The Morgan fingerprint density at radius 3 is 2.84 bits per heavy atom. The molecular formula is C10H10N4O4S. The molecular weight excluding hydrogens is 272 g/mol. The van der Waals surface area contributed by atoms with Gasteiger partial charge in [0.2, 0.25) is 0 Å². The Bertz CT molecular complexity index is 723. The van der Waals surface area contributed by atoms with E-state index < -0.39 is 26.6 Å². The van der Waals surface area contributed by atoms with Crippen molar-refractivity contribution in [3.8, 4) is 0 Å². The van der Waals surface area contributed by atoms with E-state index in [1.54, 1.807) is 6.92 Å². The maximum absolute atomic E-state index is 12.0. The summed E-state index contributed by atoms with van der Waals surface area (Å²) in [5.74, 6) is -1.37. The van der Waals surface area contributed by atoms with Crippen LogP contribution in [0.25, 0.3) is 0 Å². The maximum Gasteiger partial charge on any atom is 0.340 e. The Labute approximate surface area is 108 Å². The van der Waals surface area contributed by atoms with Gasteiger partial charge >= 0.3 is 5.97 Å². The third-order valence-electron chi connectivity index (χ3n) is 2.25. The zero-order valence-electron chi connectivity index (χ0n) is 9.78. The predicted octanol–water partition coefficient (Wildman–Crippen LogP) is 0.612. The quantitative estimate of drug-likeness (QED) is 0.754. The highest BCUT2D eigenvalue weighted by Crippen LogP contribution is 2.17. The molecule has 0 amide bonds. The number of aromatic nitrogens is 3. The minimum absolute atomic E-state index is 0.290. The van der Waals surface area contributed by atoms with E-state index in [2.05, 4.69) is 19.9 Å². The second-order valence-corrected chi connectivity index (χ2v) is 5.33. The molecule has 2 heterocycles. The van der Waals surface area contributed by atoms with Gasteiger partial charge < -0.3 is 5.11 Å². The molecule has 0 fully saturated rings. The van der Waals surface area contributed by atoms with Crippen LogP contribution in [0.5, 0.6) is 0 Å². The van der Waals surface area contributed by atoms with Crippen LogP contribution in [-0.4, -0.2) is 34.7 Å². The van der Waals surface area contributed by atoms with E-state index in [9.17, 15) is 13.2 Å². The number of aromatic carboxylic acids is 1. The van der Waals surface area contributed by atoms with E-state index in [-0.39, 0.29) is 0 Å². The molecule has 3 N–H and O–H groups in total. The van der Waals surface area contributed by atoms with Crippen LogP contribution in [-0.2, 0) is 10.0 Å². The lowest BCUT2D eigenvalue weighted by Gasteiger charge is -2.07. The standard InChI is InChI=1S/C10H10N4O4S/c1-6-4-7(2-3-11-6)14-19(17,18)9-8(10(15)16)5-12-13-9/h2-5H,1H3,(H,11,14)(H,12,13)(H,15,16). The van der Waals surface area contributed by atoms with Crippen LogP contribution in [0, 0.1) is 6.92 Å². The van der Waals surface area contributed by atoms with Crippen molar-refractivity contribution in [1.29, 1.82) is 0 Å². The number of carbonyl (C=O) groups is 1. The van der Waals surface area contributed by atoms with Crippen LogP contribution < -0.4 is 4.72 Å². The summed E-state index contributed by atoms with van der Waals surface area (Å²) in [4.78, 5) is 14.8. The molecule has 0 unspecified atom stereocenters. The van der Waals surface area contributed by atoms with Gasteiger partial charge in [-0.05, 0) is 19.1 Å². The van der Waals surface area contributed by atoms with Crippen molar-refractivity contribution in [2.45, 2.75) is 11.9 Å². The number of nitrogens with zero attached hydrogens (tertiary/aromatic N) is 2. The second-order valence-electron chi connectivity index (χ2n) is 3.71. The van der Waals surface area contributed by atoms with E-state index in [1.807, 2.05) is 0 Å². The van der Waals surface area contributed by atoms with Crippen LogP contribution in [0.15, 0.2) is 29.6 Å². The highest BCUT2D eigenvalue weighted by atomic mass is 32.2. The van der Waals surface area contributed by atoms with E-state index in [4.69, 9.17) is 5.11 Å². The Kier molecular flexibility index (Phi) is 3.21. The Hall–Kier alpha value is -2.42. The van der Waals surface area contributed by atoms with Crippen molar-refractivity contribution >= 4 is 21.7 Å². The number of rotatable bonds is 4. The molecule has 0 atom stereocenters. The molecule has 9 heteroatoms. The van der Waals surface area contributed by atoms with Gasteiger partial charge in [-0.3, -0.25) is 14.8 Å². The third kappa shape index (κ3) is 2.71. The van der Waals surface area contributed by atoms with Crippen molar-refractivity contribution < 1.29 is 18.3 Å². The van der Waals surface area contributed by atoms with Gasteiger partial charge in [0, 0.05) is 11.9 Å². The number of nitrogens with one attached hydrogen (secondary N) is 2. The van der Waals surface area contributed by atoms with Gasteiger partial charge in [-0.25, -0.2) is 4.79 Å². The van der Waals surface area contributed by atoms with Gasteiger partial charge in [0.1, 0.15) is 5.56 Å². The molecule has 8 nitrogen and oxygen atoms in total. The predicted molar refractivity (Wildman–Crippen MR) is 65.3 cm³/mol. The van der Waals surface area contributed by atoms with Crippen molar-refractivity contribution in [2.24, 2.45) is 0 Å². The summed E-state index contributed by atoms with van der Waals surface area (Å²) in [5.41, 5.74) is 0.500. The van der Waals surface area contributed by atoms with E-state index in [0.29, 0.717) is 11.4 Å². The third-order valence-corrected chi connectivity index (χ3v) is 3.61. The highest BCUT2D eigenvalue weighted by Gasteiger charge is 2.24. The number of sulfonamides is 1. The van der Waals surface area contributed by atoms with Gasteiger partial charge in [0.15, 0.2) is 5.03 Å². The number of aryl methyl sites for hydroxylation is 1. The molecule has 2 aromatic heterocycles. The lowest BCUT2D eigenvalue weighted by atomic mass is 10.3. The first-order valence-electron chi connectivity index (χ1n) is 5.12. The van der Waals surface area contributed by atoms with Gasteiger partial charge in [0.25, 0.3) is 10.0 Å². The Morgan fingerprint density at radius 2 is 2.21 bits per heavy atom. The summed E-state index contributed by atoms with van der Waals surface area (Å²) in [7, 11) is -4.04. The highest BCUT2D eigenvalue weighted by molar-refractivity contribution is 7.92. The van der Waals surface area contributed by atoms with Gasteiger partial charge in [-0.15, -0.1) is 0 Å². The van der Waals surface area contributed by atoms with Gasteiger partial charge in [-0.1, -0.05) is 0 Å². The van der Waals surface area contributed by atoms with Crippen LogP contribution in [0.3, 0.4) is 0 Å². The fraction of sp³-hybridized carbons (Fsp3) is 0.100. The molecule has 0 spiro atoms. The fourth-order valence-corrected chi connectivity index (χ4v) is 2.59. The number of hydrogen-bond donors (Lipinski definition) is 3. The first-order valence-corrected chi connectivity index (χ1v) is 6.60. The molecule has 0 bridgehead atoms. The fourth-order valence-electron chi connectivity index (χ4n) is 1.45. The van der Waals surface area contributed by atoms with E-state index in [1.165, 1.54) is 18.3 Å². The zero-order chi connectivity index (χ0) is 14.0. The van der Waals surface area contributed by atoms with Gasteiger partial charge in [-0.2, -0.15) is 13.5 Å². The number of H-pyrrole nitrogens is 1. The SMILES string of the molecule is Cc1cc(NS(=O)(=O)c2[nH]ncc2C(=O)O)ccn1. The average molecular weight is 282 g/mol. The molecule has 0 aliphatic carbocycles. The lowest BCUT2D eigenvalue weighted by Crippen LogP contribution is -2.16. The molecule has 0 saturated heterocycles. The summed E-state index contributed by atoms with van der Waals surface area (Å²) in [6.07, 6.45) is 2.38. The molecule has 0 aliphatic rings. The minimum atomic E-state index is -4.04. The first-order chi connectivity index (χ1) is 8.90. The molecule has 100 valence electrons. The lowest BCUT2D eigenvalue weighted by molar-refractivity contribution is 0.0692. The maximum atomic E-state index is 12.0. The molecule has 0 saturated carbocycles. The average Bonchev–Trinajstić information content (AvgIpc) is 2.77. The smallest absolute Gasteiger partial charge is 0.340 e. The topological polar surface area (TPSA) is 125 Å². The summed E-state index contributed by atoms with van der Waals surface area (Å²) in [6.45, 7) is 1.71. The molecule has 2 rings (SSSR count). The number of pyridine rings is 1. The molecule has 2 aromatic rings. The zero-order valence-corrected chi connectivity index (χ0v) is 10.6. The van der Waals surface area contributed by atoms with Crippen LogP contribution >= 0.6 is 0 Å². The minimum Gasteiger partial charge on any atom is -0.478 e. The largest absolute Gasteiger partial charge is 0.478 e. The summed E-state index contributed by atoms with van der Waals surface area (Å²) < 4.78 is 26.3. The van der Waals surface area contributed by atoms with Crippen molar-refractivity contribution in [3.63, 3.8) is 0 Å². The Balaban J connectivity index is 2.38. The normalized spacial score (nSPS) is 11.2. The number of aromatic amines is 1. The Morgan fingerprint density at radius 1 is 1.47 bits per heavy atom. The van der Waals surface area contributed by atoms with E-state index in [0.717, 1.165) is 6.20 Å². The molecule has 19 heavy (non-hydrogen) atoms. The number of anilines is 1. The van der Waals surface area contributed by atoms with Crippen LogP contribution in [0.2, 0.25) is 0 Å². The summed E-state index contributed by atoms with van der Waals surface area (Å²) in [6, 6.07) is 2.98. The monoisotopic (exact) mass is 282 g/mol. The van der Waals surface area contributed by atoms with E-state index >= 15 is 0 Å².